The molecule has 4 nitrogen and oxygen atoms in total. The number of methoxy groups -OCH3 is 1. The average Bonchev–Trinajstić information content (AvgIpc) is 2.78. The fourth-order valence-corrected chi connectivity index (χ4v) is 2.67. The van der Waals surface area contributed by atoms with Crippen LogP contribution >= 0.6 is 11.6 Å². The van der Waals surface area contributed by atoms with E-state index in [-0.39, 0.29) is 0 Å². The molecular weight excluding hydrogens is 274 g/mol. The Bertz CT molecular complexity index is 393. The van der Waals surface area contributed by atoms with Gasteiger partial charge < -0.3 is 10.1 Å². The highest BCUT2D eigenvalue weighted by atomic mass is 35.5. The molecule has 0 aliphatic rings. The molecule has 20 heavy (non-hydrogen) atoms. The van der Waals surface area contributed by atoms with E-state index in [1.54, 1.807) is 7.11 Å². The van der Waals surface area contributed by atoms with E-state index in [9.17, 15) is 0 Å². The van der Waals surface area contributed by atoms with Crippen molar-refractivity contribution < 1.29 is 4.74 Å². The number of rotatable bonds is 10. The number of aromatic nitrogens is 2. The molecule has 1 unspecified atom stereocenters. The molecule has 0 bridgehead atoms. The molecule has 1 aromatic heterocycles. The first-order chi connectivity index (χ1) is 9.67. The molecule has 116 valence electrons. The maximum atomic E-state index is 6.47. The van der Waals surface area contributed by atoms with E-state index in [1.165, 1.54) is 5.69 Å². The first-order valence-corrected chi connectivity index (χ1v) is 7.99. The lowest BCUT2D eigenvalue weighted by Gasteiger charge is -2.16. The van der Waals surface area contributed by atoms with Gasteiger partial charge in [-0.05, 0) is 32.2 Å². The van der Waals surface area contributed by atoms with Gasteiger partial charge in [-0.1, -0.05) is 31.9 Å². The monoisotopic (exact) mass is 301 g/mol. The second kappa shape index (κ2) is 9.37. The van der Waals surface area contributed by atoms with Crippen LogP contribution in [0, 0.1) is 5.92 Å². The van der Waals surface area contributed by atoms with E-state index < -0.39 is 0 Å². The number of aryl methyl sites for hydroxylation is 2. The van der Waals surface area contributed by atoms with Crippen LogP contribution in [0.4, 0.5) is 0 Å². The minimum absolute atomic E-state index is 0.580. The average molecular weight is 302 g/mol. The van der Waals surface area contributed by atoms with Crippen molar-refractivity contribution in [3.8, 4) is 0 Å². The SMILES string of the molecule is CCc1nn(CC)c(CC(CC)CNCCOC)c1Cl. The first kappa shape index (κ1) is 17.5. The van der Waals surface area contributed by atoms with Crippen LogP contribution < -0.4 is 5.32 Å². The van der Waals surface area contributed by atoms with Crippen molar-refractivity contribution in [2.75, 3.05) is 26.8 Å². The van der Waals surface area contributed by atoms with Gasteiger partial charge in [0.25, 0.3) is 0 Å². The van der Waals surface area contributed by atoms with Crippen LogP contribution in [0.5, 0.6) is 0 Å². The van der Waals surface area contributed by atoms with Crippen molar-refractivity contribution in [3.05, 3.63) is 16.4 Å². The second-order valence-electron chi connectivity index (χ2n) is 5.05. The fraction of sp³-hybridized carbons (Fsp3) is 0.800. The van der Waals surface area contributed by atoms with Gasteiger partial charge in [0.1, 0.15) is 0 Å². The normalized spacial score (nSPS) is 12.8. The molecule has 0 aromatic carbocycles. The minimum Gasteiger partial charge on any atom is -0.383 e. The van der Waals surface area contributed by atoms with Gasteiger partial charge in [-0.15, -0.1) is 0 Å². The Morgan fingerprint density at radius 2 is 2.10 bits per heavy atom. The summed E-state index contributed by atoms with van der Waals surface area (Å²) in [6, 6.07) is 0. The van der Waals surface area contributed by atoms with Crippen molar-refractivity contribution >= 4 is 11.6 Å². The van der Waals surface area contributed by atoms with E-state index in [1.807, 2.05) is 0 Å². The number of hydrogen-bond donors (Lipinski definition) is 1. The summed E-state index contributed by atoms with van der Waals surface area (Å²) in [4.78, 5) is 0. The molecule has 1 heterocycles. The Hall–Kier alpha value is -0.580. The van der Waals surface area contributed by atoms with Crippen molar-refractivity contribution in [2.24, 2.45) is 5.92 Å². The maximum absolute atomic E-state index is 6.47. The topological polar surface area (TPSA) is 39.1 Å². The van der Waals surface area contributed by atoms with Gasteiger partial charge in [-0.25, -0.2) is 0 Å². The smallest absolute Gasteiger partial charge is 0.0849 e. The summed E-state index contributed by atoms with van der Waals surface area (Å²) in [5, 5.41) is 8.89. The summed E-state index contributed by atoms with van der Waals surface area (Å²) in [6.07, 6.45) is 3.00. The highest BCUT2D eigenvalue weighted by Crippen LogP contribution is 2.25. The van der Waals surface area contributed by atoms with Crippen LogP contribution in [-0.4, -0.2) is 36.6 Å². The van der Waals surface area contributed by atoms with Gasteiger partial charge in [0.15, 0.2) is 0 Å². The van der Waals surface area contributed by atoms with Gasteiger partial charge in [-0.3, -0.25) is 4.68 Å². The summed E-state index contributed by atoms with van der Waals surface area (Å²) in [6.45, 7) is 9.96. The number of halogens is 1. The van der Waals surface area contributed by atoms with Gasteiger partial charge in [-0.2, -0.15) is 5.10 Å². The summed E-state index contributed by atoms with van der Waals surface area (Å²) < 4.78 is 7.11. The van der Waals surface area contributed by atoms with Crippen LogP contribution in [0.3, 0.4) is 0 Å². The molecule has 0 aliphatic carbocycles. The predicted molar refractivity (Wildman–Crippen MR) is 84.5 cm³/mol. The van der Waals surface area contributed by atoms with Crippen LogP contribution in [0.25, 0.3) is 0 Å². The lowest BCUT2D eigenvalue weighted by atomic mass is 10.00. The number of nitrogens with zero attached hydrogens (tertiary/aromatic N) is 2. The number of ether oxygens (including phenoxy) is 1. The van der Waals surface area contributed by atoms with Crippen LogP contribution in [-0.2, 0) is 24.1 Å². The first-order valence-electron chi connectivity index (χ1n) is 7.61. The molecular formula is C15H28ClN3O. The third kappa shape index (κ3) is 4.76. The summed E-state index contributed by atoms with van der Waals surface area (Å²) in [5.74, 6) is 0.580. The Balaban J connectivity index is 2.66. The Morgan fingerprint density at radius 3 is 2.65 bits per heavy atom. The molecule has 0 aliphatic heterocycles. The largest absolute Gasteiger partial charge is 0.383 e. The minimum atomic E-state index is 0.580. The molecule has 0 spiro atoms. The quantitative estimate of drug-likeness (QED) is 0.675. The van der Waals surface area contributed by atoms with Crippen molar-refractivity contribution in [3.63, 3.8) is 0 Å². The van der Waals surface area contributed by atoms with Crippen LogP contribution in [0.15, 0.2) is 0 Å². The third-order valence-electron chi connectivity index (χ3n) is 3.67. The molecule has 1 rings (SSSR count). The van der Waals surface area contributed by atoms with E-state index in [0.29, 0.717) is 5.92 Å². The third-order valence-corrected chi connectivity index (χ3v) is 4.11. The van der Waals surface area contributed by atoms with E-state index in [4.69, 9.17) is 16.3 Å². The Kier molecular flexibility index (Phi) is 8.19. The zero-order valence-electron chi connectivity index (χ0n) is 13.2. The molecule has 1 aromatic rings. The summed E-state index contributed by atoms with van der Waals surface area (Å²) >= 11 is 6.47. The van der Waals surface area contributed by atoms with E-state index in [2.05, 4.69) is 35.9 Å². The summed E-state index contributed by atoms with van der Waals surface area (Å²) in [5.41, 5.74) is 2.21. The number of nitrogens with one attached hydrogen (secondary N) is 1. The zero-order chi connectivity index (χ0) is 15.0. The Labute approximate surface area is 127 Å². The molecule has 0 saturated carbocycles. The lowest BCUT2D eigenvalue weighted by molar-refractivity contribution is 0.197. The predicted octanol–water partition coefficient (Wildman–Crippen LogP) is 2.92. The van der Waals surface area contributed by atoms with Crippen molar-refractivity contribution in [2.45, 2.75) is 46.6 Å². The summed E-state index contributed by atoms with van der Waals surface area (Å²) in [7, 11) is 1.73. The molecule has 0 fully saturated rings. The molecule has 0 radical (unpaired) electrons. The van der Waals surface area contributed by atoms with Crippen LogP contribution in [0.2, 0.25) is 5.02 Å². The zero-order valence-corrected chi connectivity index (χ0v) is 14.0. The van der Waals surface area contributed by atoms with Crippen LogP contribution in [0.1, 0.15) is 38.6 Å². The fourth-order valence-electron chi connectivity index (χ4n) is 2.33. The Morgan fingerprint density at radius 1 is 1.35 bits per heavy atom. The van der Waals surface area contributed by atoms with Crippen molar-refractivity contribution in [1.82, 2.24) is 15.1 Å². The highest BCUT2D eigenvalue weighted by molar-refractivity contribution is 6.31. The van der Waals surface area contributed by atoms with Crippen molar-refractivity contribution in [1.29, 1.82) is 0 Å². The van der Waals surface area contributed by atoms with E-state index in [0.717, 1.165) is 56.2 Å². The molecule has 0 amide bonds. The molecule has 0 saturated heterocycles. The van der Waals surface area contributed by atoms with Gasteiger partial charge in [0, 0.05) is 20.2 Å². The lowest BCUT2D eigenvalue weighted by Crippen LogP contribution is -2.27. The van der Waals surface area contributed by atoms with Gasteiger partial charge in [0.05, 0.1) is 23.0 Å². The van der Waals surface area contributed by atoms with E-state index >= 15 is 0 Å². The second-order valence-corrected chi connectivity index (χ2v) is 5.43. The van der Waals surface area contributed by atoms with Gasteiger partial charge >= 0.3 is 0 Å². The molecule has 1 N–H and O–H groups in total. The number of hydrogen-bond acceptors (Lipinski definition) is 3. The van der Waals surface area contributed by atoms with Gasteiger partial charge in [0.2, 0.25) is 0 Å². The molecule has 1 atom stereocenters. The highest BCUT2D eigenvalue weighted by Gasteiger charge is 2.17. The maximum Gasteiger partial charge on any atom is 0.0849 e. The standard InChI is InChI=1S/C15H28ClN3O/c1-5-12(11-17-8-9-20-4)10-14-15(16)13(6-2)18-19(14)7-3/h12,17H,5-11H2,1-4H3. The molecule has 5 heteroatoms.